The molecular formula is C35H59N3O3. The van der Waals surface area contributed by atoms with Gasteiger partial charge in [0, 0.05) is 50.3 Å². The number of aliphatic hydroxyl groups excluding tert-OH is 1. The van der Waals surface area contributed by atoms with Crippen LogP contribution in [0.15, 0.2) is 12.5 Å². The second kappa shape index (κ2) is 13.1. The molecule has 4 fully saturated rings. The van der Waals surface area contributed by atoms with Gasteiger partial charge in [0.25, 0.3) is 0 Å². The first-order valence-corrected chi connectivity index (χ1v) is 17.1. The number of esters is 1. The molecule has 41 heavy (non-hydrogen) atoms. The third-order valence-electron chi connectivity index (χ3n) is 13.3. The fourth-order valence-corrected chi connectivity index (χ4v) is 11.1. The summed E-state index contributed by atoms with van der Waals surface area (Å²) in [4.78, 5) is 18.9. The number of aliphatic hydroxyl groups is 1. The van der Waals surface area contributed by atoms with Crippen LogP contribution in [0.3, 0.4) is 0 Å². The minimum atomic E-state index is -0.248. The third kappa shape index (κ3) is 6.30. The van der Waals surface area contributed by atoms with Crippen molar-refractivity contribution >= 4 is 5.97 Å². The summed E-state index contributed by atoms with van der Waals surface area (Å²) < 4.78 is 5.40. The van der Waals surface area contributed by atoms with Gasteiger partial charge in [0.1, 0.15) is 0 Å². The van der Waals surface area contributed by atoms with Crippen molar-refractivity contribution in [1.29, 1.82) is 0 Å². The summed E-state index contributed by atoms with van der Waals surface area (Å²) >= 11 is 0. The molecule has 232 valence electrons. The van der Waals surface area contributed by atoms with Gasteiger partial charge in [-0.1, -0.05) is 40.5 Å². The second-order valence-corrected chi connectivity index (χ2v) is 15.4. The molecule has 0 amide bonds. The zero-order valence-electron chi connectivity index (χ0n) is 26.7. The zero-order valence-corrected chi connectivity index (χ0v) is 26.7. The monoisotopic (exact) mass is 569 g/mol. The number of H-pyrrole nitrogens is 1. The Labute approximate surface area is 249 Å². The van der Waals surface area contributed by atoms with Crippen LogP contribution in [0.5, 0.6) is 0 Å². The molecule has 0 aromatic carbocycles. The van der Waals surface area contributed by atoms with Crippen LogP contribution >= 0.6 is 0 Å². The molecule has 0 spiro atoms. The molecule has 4 aliphatic rings. The van der Waals surface area contributed by atoms with E-state index in [1.54, 1.807) is 6.33 Å². The Hall–Kier alpha value is -1.40. The second-order valence-electron chi connectivity index (χ2n) is 15.4. The molecular weight excluding hydrogens is 510 g/mol. The summed E-state index contributed by atoms with van der Waals surface area (Å²) in [6.07, 6.45) is 20.0. The van der Waals surface area contributed by atoms with Crippen molar-refractivity contribution in [3.63, 3.8) is 0 Å². The number of nitrogens with one attached hydrogen (secondary N) is 2. The zero-order chi connectivity index (χ0) is 29.2. The minimum absolute atomic E-state index is 0.0424. The number of hydrogen-bond donors (Lipinski definition) is 3. The third-order valence-corrected chi connectivity index (χ3v) is 13.3. The SMILES string of the molecule is CC(=O)OCC(C)[C@H](CO)C(C[C@@H](C)[C@H]1CC[C@H]2[C@@H]3CCC4CCCC[C@]4(C)[C@H]3CC[C@]12C)NCCc1cnc[nH]1. The van der Waals surface area contributed by atoms with Crippen LogP contribution in [0.2, 0.25) is 0 Å². The van der Waals surface area contributed by atoms with Crippen LogP contribution in [0, 0.1) is 58.2 Å². The van der Waals surface area contributed by atoms with Gasteiger partial charge in [0.05, 0.1) is 12.9 Å². The van der Waals surface area contributed by atoms with Crippen LogP contribution in [-0.2, 0) is 16.0 Å². The topological polar surface area (TPSA) is 87.2 Å². The standard InChI is InChI=1S/C35H59N3O3/c1-23(18-33(37-17-14-27-19-36-22-38-27)29(20-39)24(2)21-41-25(3)40)30-11-12-31-28-10-9-26-8-6-7-15-34(26,4)32(28)13-16-35(30,31)5/h19,22-24,26,28-33,37,39H,6-18,20-21H2,1-5H3,(H,36,38)/t23-,24?,26?,28+,29+,30-,31+,32+,33?,34+,35-/m1/s1. The van der Waals surface area contributed by atoms with Crippen LogP contribution in [0.4, 0.5) is 0 Å². The maximum atomic E-state index is 11.5. The van der Waals surface area contributed by atoms with Gasteiger partial charge < -0.3 is 20.1 Å². The molecule has 1 aromatic rings. The highest BCUT2D eigenvalue weighted by atomic mass is 16.5. The Bertz CT molecular complexity index is 983. The molecule has 11 atom stereocenters. The van der Waals surface area contributed by atoms with E-state index in [-0.39, 0.29) is 30.5 Å². The van der Waals surface area contributed by atoms with Crippen LogP contribution in [0.1, 0.15) is 111 Å². The predicted octanol–water partition coefficient (Wildman–Crippen LogP) is 6.79. The molecule has 4 aliphatic carbocycles. The average Bonchev–Trinajstić information content (AvgIpc) is 3.59. The molecule has 4 saturated carbocycles. The summed E-state index contributed by atoms with van der Waals surface area (Å²) in [6, 6.07) is 0.180. The quantitative estimate of drug-likeness (QED) is 0.241. The number of aromatic nitrogens is 2. The first kappa shape index (κ1) is 31.0. The van der Waals surface area contributed by atoms with Crippen LogP contribution < -0.4 is 5.32 Å². The van der Waals surface area contributed by atoms with E-state index in [0.29, 0.717) is 23.4 Å². The van der Waals surface area contributed by atoms with Crippen molar-refractivity contribution < 1.29 is 14.6 Å². The van der Waals surface area contributed by atoms with E-state index in [1.807, 2.05) is 6.20 Å². The van der Waals surface area contributed by atoms with Crippen molar-refractivity contribution in [2.75, 3.05) is 19.8 Å². The minimum Gasteiger partial charge on any atom is -0.466 e. The number of fused-ring (bicyclic) bond motifs is 5. The fraction of sp³-hybridized carbons (Fsp3) is 0.886. The summed E-state index contributed by atoms with van der Waals surface area (Å²) in [5, 5.41) is 14.4. The molecule has 1 aromatic heterocycles. The van der Waals surface area contributed by atoms with Gasteiger partial charge in [-0.2, -0.15) is 0 Å². The van der Waals surface area contributed by atoms with E-state index in [0.717, 1.165) is 54.7 Å². The number of carbonyl (C=O) groups excluding carboxylic acids is 1. The Morgan fingerprint density at radius 1 is 1.10 bits per heavy atom. The number of ether oxygens (including phenoxy) is 1. The molecule has 6 nitrogen and oxygen atoms in total. The normalized spacial score (nSPS) is 37.8. The maximum absolute atomic E-state index is 11.5. The molecule has 5 rings (SSSR count). The highest BCUT2D eigenvalue weighted by molar-refractivity contribution is 5.65. The van der Waals surface area contributed by atoms with E-state index in [4.69, 9.17) is 4.74 Å². The number of carbonyl (C=O) groups is 1. The summed E-state index contributed by atoms with van der Waals surface area (Å²) in [7, 11) is 0. The Morgan fingerprint density at radius 2 is 1.90 bits per heavy atom. The summed E-state index contributed by atoms with van der Waals surface area (Å²) in [6.45, 7) is 12.7. The van der Waals surface area contributed by atoms with Crippen molar-refractivity contribution in [3.8, 4) is 0 Å². The molecule has 0 aliphatic heterocycles. The van der Waals surface area contributed by atoms with Gasteiger partial charge in [0.15, 0.2) is 0 Å². The molecule has 3 N–H and O–H groups in total. The lowest BCUT2D eigenvalue weighted by atomic mass is 9.44. The van der Waals surface area contributed by atoms with Gasteiger partial charge in [-0.25, -0.2) is 4.98 Å². The van der Waals surface area contributed by atoms with E-state index in [9.17, 15) is 9.90 Å². The van der Waals surface area contributed by atoms with Gasteiger partial charge in [0.2, 0.25) is 0 Å². The average molecular weight is 570 g/mol. The molecule has 6 heteroatoms. The lowest BCUT2D eigenvalue weighted by Gasteiger charge is -2.61. The van der Waals surface area contributed by atoms with Crippen LogP contribution in [-0.4, -0.2) is 46.8 Å². The lowest BCUT2D eigenvalue weighted by molar-refractivity contribution is -0.143. The molecule has 0 radical (unpaired) electrons. The van der Waals surface area contributed by atoms with Crippen molar-refractivity contribution in [2.24, 2.45) is 58.2 Å². The van der Waals surface area contributed by atoms with Gasteiger partial charge in [-0.3, -0.25) is 4.79 Å². The van der Waals surface area contributed by atoms with E-state index in [1.165, 1.54) is 71.1 Å². The lowest BCUT2D eigenvalue weighted by Crippen LogP contribution is -2.53. The molecule has 0 saturated heterocycles. The molecule has 0 bridgehead atoms. The number of rotatable bonds is 12. The Morgan fingerprint density at radius 3 is 2.63 bits per heavy atom. The Kier molecular flexibility index (Phi) is 9.90. The van der Waals surface area contributed by atoms with E-state index < -0.39 is 0 Å². The highest BCUT2D eigenvalue weighted by Crippen LogP contribution is 2.68. The predicted molar refractivity (Wildman–Crippen MR) is 164 cm³/mol. The smallest absolute Gasteiger partial charge is 0.302 e. The summed E-state index contributed by atoms with van der Waals surface area (Å²) in [5.41, 5.74) is 2.17. The Balaban J connectivity index is 1.28. The van der Waals surface area contributed by atoms with E-state index >= 15 is 0 Å². The van der Waals surface area contributed by atoms with Gasteiger partial charge in [-0.05, 0) is 110 Å². The summed E-state index contributed by atoms with van der Waals surface area (Å²) in [5.74, 6) is 4.97. The first-order valence-electron chi connectivity index (χ1n) is 17.1. The highest BCUT2D eigenvalue weighted by Gasteiger charge is 2.60. The first-order chi connectivity index (χ1) is 19.7. The van der Waals surface area contributed by atoms with Gasteiger partial charge in [-0.15, -0.1) is 0 Å². The van der Waals surface area contributed by atoms with Crippen molar-refractivity contribution in [1.82, 2.24) is 15.3 Å². The van der Waals surface area contributed by atoms with Crippen molar-refractivity contribution in [2.45, 2.75) is 118 Å². The number of aromatic amines is 1. The van der Waals surface area contributed by atoms with Gasteiger partial charge >= 0.3 is 5.97 Å². The van der Waals surface area contributed by atoms with E-state index in [2.05, 4.69) is 43.0 Å². The number of imidazole rings is 1. The number of nitrogens with zero attached hydrogens (tertiary/aromatic N) is 1. The molecule has 1 heterocycles. The number of hydrogen-bond acceptors (Lipinski definition) is 5. The fourth-order valence-electron chi connectivity index (χ4n) is 11.1. The van der Waals surface area contributed by atoms with Crippen molar-refractivity contribution in [3.05, 3.63) is 18.2 Å². The molecule has 3 unspecified atom stereocenters. The maximum Gasteiger partial charge on any atom is 0.302 e. The van der Waals surface area contributed by atoms with Crippen LogP contribution in [0.25, 0.3) is 0 Å². The largest absolute Gasteiger partial charge is 0.466 e.